The van der Waals surface area contributed by atoms with Crippen LogP contribution in [0.15, 0.2) is 72.8 Å². The maximum atomic E-state index is 14.5. The Morgan fingerprint density at radius 3 is 2.18 bits per heavy atom. The number of benzene rings is 3. The number of carbonyl (C=O) groups excluding carboxylic acids is 4. The van der Waals surface area contributed by atoms with Crippen LogP contribution in [0.4, 0.5) is 10.5 Å². The van der Waals surface area contributed by atoms with Gasteiger partial charge in [-0.1, -0.05) is 100 Å². The molecule has 0 fully saturated rings. The average molecular weight is 691 g/mol. The van der Waals surface area contributed by atoms with Gasteiger partial charge in [0, 0.05) is 25.0 Å². The molecule has 5 atom stereocenters. The van der Waals surface area contributed by atoms with E-state index >= 15 is 0 Å². The largest absolute Gasteiger partial charge is 0.445 e. The van der Waals surface area contributed by atoms with E-state index in [1.54, 1.807) is 13.0 Å². The van der Waals surface area contributed by atoms with Gasteiger partial charge >= 0.3 is 6.09 Å². The second-order valence-corrected chi connectivity index (χ2v) is 13.2. The lowest BCUT2D eigenvalue weighted by atomic mass is 9.89. The molecule has 0 bridgehead atoms. The first-order valence-corrected chi connectivity index (χ1v) is 17.6. The lowest BCUT2D eigenvalue weighted by Crippen LogP contribution is -2.58. The first-order valence-electron chi connectivity index (χ1n) is 17.6. The lowest BCUT2D eigenvalue weighted by molar-refractivity contribution is -0.129. The van der Waals surface area contributed by atoms with Gasteiger partial charge in [-0.3, -0.25) is 19.3 Å². The molecule has 4 amide bonds. The van der Waals surface area contributed by atoms with Gasteiger partial charge in [0.2, 0.25) is 17.7 Å². The van der Waals surface area contributed by atoms with Crippen molar-refractivity contribution in [1.82, 2.24) is 16.0 Å². The maximum Gasteiger partial charge on any atom is 0.408 e. The number of carbonyl (C=O) groups is 4. The third-order valence-electron chi connectivity index (χ3n) is 8.76. The van der Waals surface area contributed by atoms with E-state index in [0.29, 0.717) is 24.9 Å². The van der Waals surface area contributed by atoms with Crippen LogP contribution >= 0.6 is 0 Å². The molecule has 11 heteroatoms. The Morgan fingerprint density at radius 1 is 0.840 bits per heavy atom. The van der Waals surface area contributed by atoms with E-state index in [9.17, 15) is 29.4 Å². The Morgan fingerprint density at radius 2 is 1.52 bits per heavy atom. The molecular weight excluding hydrogens is 636 g/mol. The molecule has 50 heavy (non-hydrogen) atoms. The minimum absolute atomic E-state index is 0.0286. The van der Waals surface area contributed by atoms with Crippen LogP contribution in [0.2, 0.25) is 0 Å². The highest BCUT2D eigenvalue weighted by Gasteiger charge is 2.37. The first kappa shape index (κ1) is 40.0. The van der Waals surface area contributed by atoms with Crippen molar-refractivity contribution in [2.75, 3.05) is 18.6 Å². The van der Waals surface area contributed by atoms with Gasteiger partial charge in [0.1, 0.15) is 18.7 Å². The molecule has 272 valence electrons. The summed E-state index contributed by atoms with van der Waals surface area (Å²) in [6, 6.07) is 19.5. The summed E-state index contributed by atoms with van der Waals surface area (Å²) in [5, 5.41) is 30.9. The number of nitrogens with zero attached hydrogens (tertiary/aromatic N) is 1. The average Bonchev–Trinajstić information content (AvgIpc) is 3.11. The van der Waals surface area contributed by atoms with Crippen molar-refractivity contribution in [3.8, 4) is 0 Å². The zero-order chi connectivity index (χ0) is 36.6. The molecule has 0 saturated heterocycles. The van der Waals surface area contributed by atoms with Gasteiger partial charge in [-0.15, -0.1) is 0 Å². The Balaban J connectivity index is 1.98. The molecule has 0 heterocycles. The third-order valence-corrected chi connectivity index (χ3v) is 8.76. The highest BCUT2D eigenvalue weighted by Crippen LogP contribution is 2.31. The topological polar surface area (TPSA) is 157 Å². The molecular formula is C39H54N4O7. The van der Waals surface area contributed by atoms with Gasteiger partial charge in [0.15, 0.2) is 0 Å². The zero-order valence-corrected chi connectivity index (χ0v) is 29.9. The highest BCUT2D eigenvalue weighted by atomic mass is 16.5. The quantitative estimate of drug-likeness (QED) is 0.118. The lowest BCUT2D eigenvalue weighted by Gasteiger charge is -2.36. The molecule has 5 N–H and O–H groups in total. The molecule has 0 aliphatic carbocycles. The smallest absolute Gasteiger partial charge is 0.408 e. The first-order chi connectivity index (χ1) is 24.0. The Bertz CT molecular complexity index is 1530. The van der Waals surface area contributed by atoms with Crippen LogP contribution in [0.25, 0.3) is 10.8 Å². The van der Waals surface area contributed by atoms with Crippen LogP contribution in [-0.4, -0.2) is 71.9 Å². The number of nitrogens with one attached hydrogen (secondary N) is 3. The van der Waals surface area contributed by atoms with E-state index in [1.165, 1.54) is 11.9 Å². The fraction of sp³-hybridized carbons (Fsp3) is 0.487. The molecule has 3 aromatic rings. The maximum absolute atomic E-state index is 14.5. The number of amides is 4. The Hall–Kier alpha value is -4.48. The predicted octanol–water partition coefficient (Wildman–Crippen LogP) is 5.07. The molecule has 0 radical (unpaired) electrons. The molecule has 0 aromatic heterocycles. The number of aliphatic hydroxyl groups excluding tert-OH is 2. The highest BCUT2D eigenvalue weighted by molar-refractivity contribution is 6.09. The van der Waals surface area contributed by atoms with Gasteiger partial charge in [-0.25, -0.2) is 4.79 Å². The fourth-order valence-electron chi connectivity index (χ4n) is 6.12. The van der Waals surface area contributed by atoms with Crippen molar-refractivity contribution in [3.63, 3.8) is 0 Å². The molecule has 0 aliphatic rings. The number of unbranched alkanes of at least 4 members (excludes halogenated alkanes) is 1. The Kier molecular flexibility index (Phi) is 16.2. The van der Waals surface area contributed by atoms with Gasteiger partial charge in [-0.2, -0.15) is 0 Å². The van der Waals surface area contributed by atoms with Crippen LogP contribution in [0.1, 0.15) is 71.8 Å². The molecule has 3 aromatic carbocycles. The van der Waals surface area contributed by atoms with E-state index < -0.39 is 48.1 Å². The van der Waals surface area contributed by atoms with Crippen LogP contribution < -0.4 is 20.9 Å². The predicted molar refractivity (Wildman–Crippen MR) is 195 cm³/mol. The zero-order valence-electron chi connectivity index (χ0n) is 29.9. The van der Waals surface area contributed by atoms with Crippen molar-refractivity contribution in [2.45, 2.75) is 97.1 Å². The summed E-state index contributed by atoms with van der Waals surface area (Å²) in [6.07, 6.45) is 0.461. The number of fused-ring (bicyclic) bond motifs is 1. The van der Waals surface area contributed by atoms with E-state index in [-0.39, 0.29) is 37.9 Å². The monoisotopic (exact) mass is 690 g/mol. The van der Waals surface area contributed by atoms with Crippen LogP contribution in [0.5, 0.6) is 0 Å². The summed E-state index contributed by atoms with van der Waals surface area (Å²) >= 11 is 0. The van der Waals surface area contributed by atoms with Crippen LogP contribution in [-0.2, 0) is 25.7 Å². The summed E-state index contributed by atoms with van der Waals surface area (Å²) < 4.78 is 5.40. The Labute approximate surface area is 295 Å². The fourth-order valence-corrected chi connectivity index (χ4v) is 6.12. The minimum Gasteiger partial charge on any atom is -0.445 e. The SMILES string of the molecule is CCCC[C@@H](C(=O)N[C@@H](CC(C)C)[C@@H](O)CC(CCO)C(=O)NC)N(C(=O)[C@H](C)NC(=O)OCc1ccccc1)c1cccc2ccccc12. The second-order valence-electron chi connectivity index (χ2n) is 13.2. The molecule has 0 spiro atoms. The number of hydrogen-bond acceptors (Lipinski definition) is 7. The van der Waals surface area contributed by atoms with Gasteiger partial charge < -0.3 is 30.9 Å². The standard InChI is InChI=1S/C39H54N4O7/c1-6-7-19-34(37(47)42-32(23-26(2)3)35(45)24-30(21-22-44)36(46)40-5)43(33-20-13-17-29-16-11-12-18-31(29)33)38(48)27(4)41-39(49)50-25-28-14-9-8-10-15-28/h8-18,20,26-27,30,32,34-35,44-45H,6-7,19,21-25H2,1-5H3,(H,40,46)(H,41,49)(H,42,47)/t27-,30?,32-,34-,35-/m0/s1. The molecule has 0 aliphatic heterocycles. The number of ether oxygens (including phenoxy) is 1. The summed E-state index contributed by atoms with van der Waals surface area (Å²) in [5.41, 5.74) is 1.31. The normalized spacial score (nSPS) is 14.2. The molecule has 11 nitrogen and oxygen atoms in total. The number of anilines is 1. The minimum atomic E-state index is -1.09. The van der Waals surface area contributed by atoms with Crippen molar-refractivity contribution in [3.05, 3.63) is 78.4 Å². The second kappa shape index (κ2) is 20.3. The van der Waals surface area contributed by atoms with E-state index in [1.807, 2.05) is 87.5 Å². The molecule has 0 saturated carbocycles. The number of alkyl carbamates (subject to hydrolysis) is 1. The van der Waals surface area contributed by atoms with Crippen molar-refractivity contribution in [2.24, 2.45) is 11.8 Å². The van der Waals surface area contributed by atoms with E-state index in [4.69, 9.17) is 4.74 Å². The summed E-state index contributed by atoms with van der Waals surface area (Å²) in [5.74, 6) is -1.82. The summed E-state index contributed by atoms with van der Waals surface area (Å²) in [4.78, 5) is 55.8. The number of aliphatic hydroxyl groups is 2. The molecule has 1 unspecified atom stereocenters. The number of rotatable bonds is 19. The van der Waals surface area contributed by atoms with Crippen molar-refractivity contribution >= 4 is 40.3 Å². The van der Waals surface area contributed by atoms with Gasteiger partial charge in [0.25, 0.3) is 0 Å². The van der Waals surface area contributed by atoms with Crippen LogP contribution in [0.3, 0.4) is 0 Å². The van der Waals surface area contributed by atoms with Gasteiger partial charge in [0.05, 0.1) is 17.8 Å². The third kappa shape index (κ3) is 11.6. The van der Waals surface area contributed by atoms with Crippen LogP contribution in [0, 0.1) is 11.8 Å². The summed E-state index contributed by atoms with van der Waals surface area (Å²) in [6.45, 7) is 7.31. The van der Waals surface area contributed by atoms with E-state index in [2.05, 4.69) is 16.0 Å². The van der Waals surface area contributed by atoms with Crippen molar-refractivity contribution < 1.29 is 34.1 Å². The van der Waals surface area contributed by atoms with Gasteiger partial charge in [-0.05, 0) is 55.5 Å². The van der Waals surface area contributed by atoms with Crippen molar-refractivity contribution in [1.29, 1.82) is 0 Å². The number of hydrogen-bond donors (Lipinski definition) is 5. The van der Waals surface area contributed by atoms with E-state index in [0.717, 1.165) is 22.8 Å². The summed E-state index contributed by atoms with van der Waals surface area (Å²) in [7, 11) is 1.50. The molecule has 3 rings (SSSR count).